The van der Waals surface area contributed by atoms with Crippen molar-refractivity contribution in [2.75, 3.05) is 19.0 Å². The number of nitrogens with one attached hydrogen (secondary N) is 1. The summed E-state index contributed by atoms with van der Waals surface area (Å²) >= 11 is 3.69. The largest absolute Gasteiger partial charge is 0.387 e. The number of nitrogens with zero attached hydrogens (tertiary/aromatic N) is 1. The van der Waals surface area contributed by atoms with Gasteiger partial charge >= 0.3 is 0 Å². The quantitative estimate of drug-likeness (QED) is 0.670. The van der Waals surface area contributed by atoms with E-state index in [4.69, 9.17) is 9.72 Å². The van der Waals surface area contributed by atoms with Crippen LogP contribution in [0.1, 0.15) is 11.3 Å². The molecule has 2 heterocycles. The van der Waals surface area contributed by atoms with Gasteiger partial charge in [-0.25, -0.2) is 0 Å². The standard InChI is InChI=1S/C17H15BrN2O/c1-19-16-12-8-14(18)10-4-2-3-5-11(10)17(12)20-15-6-7-21-9-13(15)16/h2-5,8H,6-7,9H2,1H3,(H,19,20). The van der Waals surface area contributed by atoms with Crippen LogP contribution in [0.5, 0.6) is 0 Å². The molecule has 0 spiro atoms. The Bertz CT molecular complexity index is 860. The highest BCUT2D eigenvalue weighted by atomic mass is 79.9. The van der Waals surface area contributed by atoms with Crippen LogP contribution in [0.3, 0.4) is 0 Å². The Morgan fingerprint density at radius 2 is 2.00 bits per heavy atom. The minimum absolute atomic E-state index is 0.638. The van der Waals surface area contributed by atoms with Gasteiger partial charge in [-0.1, -0.05) is 40.2 Å². The Labute approximate surface area is 131 Å². The number of hydrogen-bond donors (Lipinski definition) is 1. The zero-order valence-corrected chi connectivity index (χ0v) is 13.3. The van der Waals surface area contributed by atoms with Gasteiger partial charge in [0.25, 0.3) is 0 Å². The lowest BCUT2D eigenvalue weighted by Crippen LogP contribution is -2.14. The van der Waals surface area contributed by atoms with Crippen molar-refractivity contribution in [2.45, 2.75) is 13.0 Å². The van der Waals surface area contributed by atoms with Crippen molar-refractivity contribution in [3.63, 3.8) is 0 Å². The topological polar surface area (TPSA) is 34.2 Å². The normalized spacial score (nSPS) is 14.4. The first-order valence-electron chi connectivity index (χ1n) is 7.08. The van der Waals surface area contributed by atoms with E-state index in [1.54, 1.807) is 0 Å². The highest BCUT2D eigenvalue weighted by Gasteiger charge is 2.19. The summed E-state index contributed by atoms with van der Waals surface area (Å²) in [5.41, 5.74) is 4.56. The Balaban J connectivity index is 2.20. The molecule has 0 amide bonds. The number of fused-ring (bicyclic) bond motifs is 4. The predicted molar refractivity (Wildman–Crippen MR) is 89.9 cm³/mol. The summed E-state index contributed by atoms with van der Waals surface area (Å²) in [4.78, 5) is 4.95. The van der Waals surface area contributed by atoms with Crippen molar-refractivity contribution in [3.05, 3.63) is 46.1 Å². The van der Waals surface area contributed by atoms with E-state index >= 15 is 0 Å². The number of rotatable bonds is 1. The third kappa shape index (κ3) is 1.93. The van der Waals surface area contributed by atoms with Gasteiger partial charge in [0.15, 0.2) is 0 Å². The second-order valence-electron chi connectivity index (χ2n) is 5.26. The van der Waals surface area contributed by atoms with Gasteiger partial charge in [0.2, 0.25) is 0 Å². The molecule has 0 radical (unpaired) electrons. The minimum Gasteiger partial charge on any atom is -0.387 e. The van der Waals surface area contributed by atoms with Gasteiger partial charge in [0.1, 0.15) is 0 Å². The first-order chi connectivity index (χ1) is 10.3. The molecule has 0 fully saturated rings. The molecule has 3 nitrogen and oxygen atoms in total. The molecular weight excluding hydrogens is 328 g/mol. The van der Waals surface area contributed by atoms with Crippen LogP contribution in [-0.4, -0.2) is 18.6 Å². The summed E-state index contributed by atoms with van der Waals surface area (Å²) in [6.45, 7) is 1.39. The summed E-state index contributed by atoms with van der Waals surface area (Å²) in [7, 11) is 1.97. The van der Waals surface area contributed by atoms with E-state index in [0.717, 1.165) is 39.8 Å². The highest BCUT2D eigenvalue weighted by molar-refractivity contribution is 9.10. The Morgan fingerprint density at radius 3 is 2.81 bits per heavy atom. The fourth-order valence-corrected chi connectivity index (χ4v) is 3.70. The maximum absolute atomic E-state index is 5.61. The second kappa shape index (κ2) is 4.97. The maximum atomic E-state index is 5.61. The molecule has 4 rings (SSSR count). The summed E-state index contributed by atoms with van der Waals surface area (Å²) in [5, 5.41) is 6.88. The molecule has 1 N–H and O–H groups in total. The van der Waals surface area contributed by atoms with Gasteiger partial charge in [-0.05, 0) is 11.5 Å². The number of pyridine rings is 1. The van der Waals surface area contributed by atoms with Crippen molar-refractivity contribution in [1.29, 1.82) is 0 Å². The van der Waals surface area contributed by atoms with Gasteiger partial charge in [-0.3, -0.25) is 4.98 Å². The van der Waals surface area contributed by atoms with Crippen molar-refractivity contribution in [3.8, 4) is 0 Å². The minimum atomic E-state index is 0.638. The van der Waals surface area contributed by atoms with Gasteiger partial charge < -0.3 is 10.1 Å². The number of halogens is 1. The average Bonchev–Trinajstić information content (AvgIpc) is 2.53. The molecule has 0 saturated heterocycles. The van der Waals surface area contributed by atoms with Crippen LogP contribution < -0.4 is 5.32 Å². The Morgan fingerprint density at radius 1 is 1.19 bits per heavy atom. The van der Waals surface area contributed by atoms with Crippen LogP contribution in [0, 0.1) is 0 Å². The van der Waals surface area contributed by atoms with E-state index in [2.05, 4.69) is 51.6 Å². The van der Waals surface area contributed by atoms with Crippen LogP contribution in [0.4, 0.5) is 5.69 Å². The molecule has 1 aromatic heterocycles. The zero-order valence-electron chi connectivity index (χ0n) is 11.7. The van der Waals surface area contributed by atoms with E-state index < -0.39 is 0 Å². The molecule has 4 heteroatoms. The Kier molecular flexibility index (Phi) is 3.08. The predicted octanol–water partition coefficient (Wildman–Crippen LogP) is 4.26. The lowest BCUT2D eigenvalue weighted by atomic mass is 9.99. The third-order valence-electron chi connectivity index (χ3n) is 4.11. The SMILES string of the molecule is CNc1c2c(nc3c1cc(Br)c1ccccc13)CCOC2. The monoisotopic (exact) mass is 342 g/mol. The van der Waals surface area contributed by atoms with Crippen LogP contribution in [0.25, 0.3) is 21.7 Å². The van der Waals surface area contributed by atoms with Crippen LogP contribution in [0.15, 0.2) is 34.8 Å². The molecular formula is C17H15BrN2O. The number of ether oxygens (including phenoxy) is 1. The van der Waals surface area contributed by atoms with Crippen molar-refractivity contribution in [2.24, 2.45) is 0 Å². The number of benzene rings is 2. The maximum Gasteiger partial charge on any atom is 0.0805 e. The van der Waals surface area contributed by atoms with Crippen LogP contribution in [0.2, 0.25) is 0 Å². The summed E-state index contributed by atoms with van der Waals surface area (Å²) in [6.07, 6.45) is 0.879. The smallest absolute Gasteiger partial charge is 0.0805 e. The Hall–Kier alpha value is -1.65. The molecule has 0 saturated carbocycles. The van der Waals surface area contributed by atoms with Crippen molar-refractivity contribution in [1.82, 2.24) is 4.98 Å². The first kappa shape index (κ1) is 13.0. The fourth-order valence-electron chi connectivity index (χ4n) is 3.13. The van der Waals surface area contributed by atoms with E-state index in [0.29, 0.717) is 6.61 Å². The zero-order chi connectivity index (χ0) is 14.4. The van der Waals surface area contributed by atoms with Gasteiger partial charge in [0.05, 0.1) is 30.1 Å². The van der Waals surface area contributed by atoms with Crippen LogP contribution in [-0.2, 0) is 17.8 Å². The molecule has 0 aliphatic carbocycles. The summed E-state index contributed by atoms with van der Waals surface area (Å²) in [6, 6.07) is 10.6. The van der Waals surface area contributed by atoms with Crippen molar-refractivity contribution >= 4 is 43.3 Å². The van der Waals surface area contributed by atoms with E-state index in [9.17, 15) is 0 Å². The van der Waals surface area contributed by atoms with E-state index in [-0.39, 0.29) is 0 Å². The summed E-state index contributed by atoms with van der Waals surface area (Å²) in [5.74, 6) is 0. The number of hydrogen-bond acceptors (Lipinski definition) is 3. The number of anilines is 1. The molecule has 0 unspecified atom stereocenters. The summed E-state index contributed by atoms with van der Waals surface area (Å²) < 4.78 is 6.71. The van der Waals surface area contributed by atoms with Gasteiger partial charge in [-0.15, -0.1) is 0 Å². The third-order valence-corrected chi connectivity index (χ3v) is 4.77. The molecule has 0 atom stereocenters. The molecule has 1 aliphatic rings. The average molecular weight is 343 g/mol. The van der Waals surface area contributed by atoms with Gasteiger partial charge in [-0.2, -0.15) is 0 Å². The van der Waals surface area contributed by atoms with Crippen molar-refractivity contribution < 1.29 is 4.74 Å². The van der Waals surface area contributed by atoms with E-state index in [1.165, 1.54) is 16.3 Å². The molecule has 2 aromatic carbocycles. The highest BCUT2D eigenvalue weighted by Crippen LogP contribution is 2.37. The fraction of sp³-hybridized carbons (Fsp3) is 0.235. The molecule has 3 aromatic rings. The molecule has 21 heavy (non-hydrogen) atoms. The van der Waals surface area contributed by atoms with Gasteiger partial charge in [0, 0.05) is 34.3 Å². The van der Waals surface area contributed by atoms with Crippen LogP contribution >= 0.6 is 15.9 Å². The first-order valence-corrected chi connectivity index (χ1v) is 7.87. The van der Waals surface area contributed by atoms with E-state index in [1.807, 2.05) is 7.05 Å². The second-order valence-corrected chi connectivity index (χ2v) is 6.12. The molecule has 1 aliphatic heterocycles. The molecule has 0 bridgehead atoms. The number of aromatic nitrogens is 1. The molecule has 106 valence electrons. The lowest BCUT2D eigenvalue weighted by molar-refractivity contribution is 0.110. The lowest BCUT2D eigenvalue weighted by Gasteiger charge is -2.21.